The summed E-state index contributed by atoms with van der Waals surface area (Å²) < 4.78 is 5.66. The lowest BCUT2D eigenvalue weighted by molar-refractivity contribution is -0.121. The molecule has 0 aliphatic carbocycles. The molecule has 0 saturated carbocycles. The highest BCUT2D eigenvalue weighted by Gasteiger charge is 2.22. The fourth-order valence-electron chi connectivity index (χ4n) is 5.00. The maximum atomic E-state index is 13.2. The van der Waals surface area contributed by atoms with Gasteiger partial charge in [0.25, 0.3) is 5.91 Å². The molecular weight excluding hydrogens is 458 g/mol. The van der Waals surface area contributed by atoms with E-state index in [9.17, 15) is 4.79 Å². The third kappa shape index (κ3) is 5.72. The van der Waals surface area contributed by atoms with E-state index >= 15 is 0 Å². The number of rotatable bonds is 8. The van der Waals surface area contributed by atoms with Gasteiger partial charge in [0, 0.05) is 24.3 Å². The van der Waals surface area contributed by atoms with Gasteiger partial charge in [-0.2, -0.15) is 5.10 Å². The number of hydrogen-bond acceptors (Lipinski definition) is 4. The van der Waals surface area contributed by atoms with Gasteiger partial charge >= 0.3 is 0 Å². The maximum Gasteiger partial charge on any atom is 0.252 e. The first-order chi connectivity index (χ1) is 18.2. The first-order valence-corrected chi connectivity index (χ1v) is 12.7. The van der Waals surface area contributed by atoms with Crippen LogP contribution in [0.2, 0.25) is 0 Å². The predicted molar refractivity (Wildman–Crippen MR) is 149 cm³/mol. The Bertz CT molecular complexity index is 1330. The second-order valence-corrected chi connectivity index (χ2v) is 9.21. The number of amides is 1. The van der Waals surface area contributed by atoms with Gasteiger partial charge in [-0.1, -0.05) is 78.9 Å². The number of para-hydroxylation sites is 1. The molecule has 1 aliphatic heterocycles. The molecule has 37 heavy (non-hydrogen) atoms. The Kier molecular flexibility index (Phi) is 7.60. The summed E-state index contributed by atoms with van der Waals surface area (Å²) in [6, 6.07) is 34.2. The van der Waals surface area contributed by atoms with Crippen LogP contribution in [-0.2, 0) is 17.8 Å². The molecule has 0 saturated heterocycles. The highest BCUT2D eigenvalue weighted by molar-refractivity contribution is 5.88. The number of carbonyl (C=O) groups is 1. The van der Waals surface area contributed by atoms with Crippen molar-refractivity contribution in [3.05, 3.63) is 131 Å². The van der Waals surface area contributed by atoms with Crippen LogP contribution >= 0.6 is 0 Å². The van der Waals surface area contributed by atoms with E-state index in [0.717, 1.165) is 53.9 Å². The van der Waals surface area contributed by atoms with Gasteiger partial charge in [0.1, 0.15) is 5.75 Å². The molecule has 4 aromatic carbocycles. The quantitative estimate of drug-likeness (QED) is 0.247. The highest BCUT2D eigenvalue weighted by atomic mass is 16.5. The third-order valence-electron chi connectivity index (χ3n) is 6.79. The number of ether oxygens (including phenoxy) is 1. The standard InChI is InChI=1S/C32H31N3O2/c1-37-30-19-18-24(21-28(30)23-35-20-10-16-25-11-8-9-17-29(25)35)22-33-34-32(36)31(26-12-4-2-5-13-26)27-14-6-3-7-15-27/h2-9,11-15,17-19,21-22,31H,10,16,20,23H2,1H3,(H,34,36). The van der Waals surface area contributed by atoms with E-state index in [-0.39, 0.29) is 5.91 Å². The Hall–Kier alpha value is -4.38. The van der Waals surface area contributed by atoms with E-state index in [0.29, 0.717) is 0 Å². The average Bonchev–Trinajstić information content (AvgIpc) is 2.95. The Morgan fingerprint density at radius 1 is 0.946 bits per heavy atom. The molecule has 5 heteroatoms. The van der Waals surface area contributed by atoms with Crippen molar-refractivity contribution in [3.63, 3.8) is 0 Å². The second kappa shape index (κ2) is 11.6. The molecule has 1 heterocycles. The predicted octanol–water partition coefficient (Wildman–Crippen LogP) is 5.93. The van der Waals surface area contributed by atoms with E-state index in [1.165, 1.54) is 11.3 Å². The van der Waals surface area contributed by atoms with Crippen molar-refractivity contribution in [1.29, 1.82) is 0 Å². The summed E-state index contributed by atoms with van der Waals surface area (Å²) >= 11 is 0. The van der Waals surface area contributed by atoms with E-state index in [2.05, 4.69) is 45.8 Å². The van der Waals surface area contributed by atoms with Crippen LogP contribution in [0.4, 0.5) is 5.69 Å². The van der Waals surface area contributed by atoms with Gasteiger partial charge in [-0.15, -0.1) is 0 Å². The summed E-state index contributed by atoms with van der Waals surface area (Å²) in [6.45, 7) is 1.76. The third-order valence-corrected chi connectivity index (χ3v) is 6.79. The molecule has 0 bridgehead atoms. The summed E-state index contributed by atoms with van der Waals surface area (Å²) in [5.74, 6) is 0.231. The van der Waals surface area contributed by atoms with Crippen LogP contribution in [0.25, 0.3) is 0 Å². The van der Waals surface area contributed by atoms with E-state index < -0.39 is 5.92 Å². The Morgan fingerprint density at radius 2 is 1.62 bits per heavy atom. The minimum atomic E-state index is -0.440. The second-order valence-electron chi connectivity index (χ2n) is 9.21. The van der Waals surface area contributed by atoms with Gasteiger partial charge in [-0.3, -0.25) is 4.79 Å². The number of nitrogens with zero attached hydrogens (tertiary/aromatic N) is 2. The number of hydrazone groups is 1. The van der Waals surface area contributed by atoms with Crippen LogP contribution in [0.15, 0.2) is 108 Å². The molecular formula is C32H31N3O2. The summed E-state index contributed by atoms with van der Waals surface area (Å²) in [7, 11) is 1.70. The lowest BCUT2D eigenvalue weighted by Gasteiger charge is -2.31. The molecule has 1 aliphatic rings. The largest absolute Gasteiger partial charge is 0.496 e. The molecule has 186 valence electrons. The van der Waals surface area contributed by atoms with E-state index in [1.54, 1.807) is 13.3 Å². The number of hydrogen-bond donors (Lipinski definition) is 1. The number of fused-ring (bicyclic) bond motifs is 1. The number of nitrogens with one attached hydrogen (secondary N) is 1. The average molecular weight is 490 g/mol. The Balaban J connectivity index is 1.33. The minimum absolute atomic E-state index is 0.174. The van der Waals surface area contributed by atoms with Crippen LogP contribution in [-0.4, -0.2) is 25.8 Å². The van der Waals surface area contributed by atoms with Gasteiger partial charge in [0.15, 0.2) is 0 Å². The molecule has 5 rings (SSSR count). The highest BCUT2D eigenvalue weighted by Crippen LogP contribution is 2.30. The zero-order chi connectivity index (χ0) is 25.5. The molecule has 0 unspecified atom stereocenters. The van der Waals surface area contributed by atoms with Crippen LogP contribution in [0.3, 0.4) is 0 Å². The molecule has 0 atom stereocenters. The van der Waals surface area contributed by atoms with Crippen molar-refractivity contribution in [1.82, 2.24) is 5.43 Å². The van der Waals surface area contributed by atoms with Gasteiger partial charge in [-0.05, 0) is 59.4 Å². The number of carbonyl (C=O) groups excluding carboxylic acids is 1. The summed E-state index contributed by atoms with van der Waals surface area (Å²) in [5.41, 5.74) is 9.27. The first kappa shape index (κ1) is 24.3. The zero-order valence-electron chi connectivity index (χ0n) is 21.0. The van der Waals surface area contributed by atoms with Crippen molar-refractivity contribution in [2.24, 2.45) is 5.10 Å². The number of methoxy groups -OCH3 is 1. The number of anilines is 1. The van der Waals surface area contributed by atoms with Gasteiger partial charge < -0.3 is 9.64 Å². The molecule has 5 nitrogen and oxygen atoms in total. The normalized spacial score (nSPS) is 13.0. The van der Waals surface area contributed by atoms with Gasteiger partial charge in [0.2, 0.25) is 0 Å². The Morgan fingerprint density at radius 3 is 2.32 bits per heavy atom. The molecule has 0 radical (unpaired) electrons. The van der Waals surface area contributed by atoms with Crippen molar-refractivity contribution in [2.45, 2.75) is 25.3 Å². The molecule has 0 spiro atoms. The van der Waals surface area contributed by atoms with E-state index in [4.69, 9.17) is 4.74 Å². The fourth-order valence-corrected chi connectivity index (χ4v) is 5.00. The maximum absolute atomic E-state index is 13.2. The molecule has 1 N–H and O–H groups in total. The Labute approximate surface area is 218 Å². The SMILES string of the molecule is COc1ccc(C=NNC(=O)C(c2ccccc2)c2ccccc2)cc1CN1CCCc2ccccc21. The summed E-state index contributed by atoms with van der Waals surface area (Å²) in [4.78, 5) is 15.6. The zero-order valence-corrected chi connectivity index (χ0v) is 21.0. The monoisotopic (exact) mass is 489 g/mol. The summed E-state index contributed by atoms with van der Waals surface area (Å²) in [6.07, 6.45) is 3.94. The molecule has 0 aromatic heterocycles. The summed E-state index contributed by atoms with van der Waals surface area (Å²) in [5, 5.41) is 4.31. The van der Waals surface area contributed by atoms with Crippen LogP contribution < -0.4 is 15.1 Å². The number of aryl methyl sites for hydroxylation is 1. The van der Waals surface area contributed by atoms with Crippen molar-refractivity contribution >= 4 is 17.8 Å². The van der Waals surface area contributed by atoms with Crippen molar-refractivity contribution < 1.29 is 9.53 Å². The topological polar surface area (TPSA) is 53.9 Å². The first-order valence-electron chi connectivity index (χ1n) is 12.7. The van der Waals surface area contributed by atoms with Gasteiger partial charge in [-0.25, -0.2) is 5.43 Å². The van der Waals surface area contributed by atoms with Crippen molar-refractivity contribution in [2.75, 3.05) is 18.6 Å². The van der Waals surface area contributed by atoms with Crippen LogP contribution in [0.5, 0.6) is 5.75 Å². The lowest BCUT2D eigenvalue weighted by atomic mass is 9.91. The lowest BCUT2D eigenvalue weighted by Crippen LogP contribution is -2.29. The molecule has 0 fully saturated rings. The minimum Gasteiger partial charge on any atom is -0.496 e. The number of benzene rings is 4. The fraction of sp³-hybridized carbons (Fsp3) is 0.188. The van der Waals surface area contributed by atoms with Gasteiger partial charge in [0.05, 0.1) is 19.2 Å². The molecule has 4 aromatic rings. The smallest absolute Gasteiger partial charge is 0.252 e. The van der Waals surface area contributed by atoms with Crippen LogP contribution in [0, 0.1) is 0 Å². The van der Waals surface area contributed by atoms with Crippen molar-refractivity contribution in [3.8, 4) is 5.75 Å². The molecule has 1 amide bonds. The van der Waals surface area contributed by atoms with Crippen LogP contribution in [0.1, 0.15) is 40.2 Å². The van der Waals surface area contributed by atoms with E-state index in [1.807, 2.05) is 72.8 Å².